The van der Waals surface area contributed by atoms with Crippen molar-refractivity contribution >= 4 is 5.69 Å². The van der Waals surface area contributed by atoms with Crippen LogP contribution in [0.5, 0.6) is 0 Å². The van der Waals surface area contributed by atoms with E-state index < -0.39 is 0 Å². The van der Waals surface area contributed by atoms with Crippen molar-refractivity contribution in [1.29, 1.82) is 5.26 Å². The second-order valence-electron chi connectivity index (χ2n) is 5.02. The maximum Gasteiger partial charge on any atom is 0.0991 e. The van der Waals surface area contributed by atoms with E-state index in [-0.39, 0.29) is 0 Å². The van der Waals surface area contributed by atoms with Crippen LogP contribution in [-0.2, 0) is 0 Å². The maximum absolute atomic E-state index is 8.74. The monoisotopic (exact) mass is 228 g/mol. The van der Waals surface area contributed by atoms with Gasteiger partial charge in [0.1, 0.15) is 0 Å². The second kappa shape index (κ2) is 5.72. The largest absolute Gasteiger partial charge is 0.382 e. The third-order valence-corrected chi connectivity index (χ3v) is 3.77. The van der Waals surface area contributed by atoms with Crippen molar-refractivity contribution in [3.8, 4) is 6.07 Å². The highest BCUT2D eigenvalue weighted by Gasteiger charge is 2.19. The minimum Gasteiger partial charge on any atom is -0.382 e. The molecule has 1 aromatic carbocycles. The number of nitrogens with zero attached hydrogens (tertiary/aromatic N) is 1. The normalized spacial score (nSPS) is 18.4. The van der Waals surface area contributed by atoms with E-state index in [9.17, 15) is 0 Å². The standard InChI is InChI=1S/C15H20N2/c1-12(14-5-3-2-4-6-14)17-15-9-7-13(11-16)8-10-15/h7-10,12,14,17H,2-6H2,1H3. The third-order valence-electron chi connectivity index (χ3n) is 3.77. The van der Waals surface area contributed by atoms with E-state index in [2.05, 4.69) is 18.3 Å². The highest BCUT2D eigenvalue weighted by atomic mass is 14.9. The Labute approximate surface area is 104 Å². The summed E-state index contributed by atoms with van der Waals surface area (Å²) in [5.41, 5.74) is 1.85. The van der Waals surface area contributed by atoms with Crippen molar-refractivity contribution in [2.45, 2.75) is 45.1 Å². The summed E-state index contributed by atoms with van der Waals surface area (Å²) in [7, 11) is 0. The highest BCUT2D eigenvalue weighted by Crippen LogP contribution is 2.28. The molecule has 0 spiro atoms. The minimum atomic E-state index is 0.531. The first kappa shape index (κ1) is 12.0. The van der Waals surface area contributed by atoms with Gasteiger partial charge in [-0.25, -0.2) is 0 Å². The molecule has 90 valence electrons. The lowest BCUT2D eigenvalue weighted by Crippen LogP contribution is -2.27. The summed E-state index contributed by atoms with van der Waals surface area (Å²) >= 11 is 0. The molecule has 17 heavy (non-hydrogen) atoms. The summed E-state index contributed by atoms with van der Waals surface area (Å²) in [6.45, 7) is 2.27. The lowest BCUT2D eigenvalue weighted by molar-refractivity contribution is 0.328. The lowest BCUT2D eigenvalue weighted by Gasteiger charge is -2.29. The summed E-state index contributed by atoms with van der Waals surface area (Å²) in [6.07, 6.45) is 6.86. The van der Waals surface area contributed by atoms with E-state index in [0.29, 0.717) is 6.04 Å². The first-order valence-electron chi connectivity index (χ1n) is 6.56. The SMILES string of the molecule is CC(Nc1ccc(C#N)cc1)C1CCCCC1. The Morgan fingerprint density at radius 2 is 1.82 bits per heavy atom. The number of benzene rings is 1. The van der Waals surface area contributed by atoms with Crippen LogP contribution in [0.1, 0.15) is 44.6 Å². The fourth-order valence-corrected chi connectivity index (χ4v) is 2.66. The molecule has 1 aliphatic carbocycles. The van der Waals surface area contributed by atoms with Crippen LogP contribution in [0, 0.1) is 17.2 Å². The molecule has 1 saturated carbocycles. The molecule has 1 aliphatic rings. The number of nitriles is 1. The van der Waals surface area contributed by atoms with Crippen molar-refractivity contribution < 1.29 is 0 Å². The molecule has 0 amide bonds. The molecule has 2 rings (SSSR count). The number of rotatable bonds is 3. The van der Waals surface area contributed by atoms with Crippen LogP contribution in [0.4, 0.5) is 5.69 Å². The van der Waals surface area contributed by atoms with E-state index in [1.54, 1.807) is 0 Å². The molecule has 1 atom stereocenters. The van der Waals surface area contributed by atoms with E-state index in [1.165, 1.54) is 32.1 Å². The predicted octanol–water partition coefficient (Wildman–Crippen LogP) is 3.94. The molecule has 0 aliphatic heterocycles. The second-order valence-corrected chi connectivity index (χ2v) is 5.02. The molecule has 0 radical (unpaired) electrons. The average Bonchev–Trinajstić information content (AvgIpc) is 2.40. The smallest absolute Gasteiger partial charge is 0.0991 e. The Kier molecular flexibility index (Phi) is 4.03. The van der Waals surface area contributed by atoms with Gasteiger partial charge in [0.05, 0.1) is 11.6 Å². The van der Waals surface area contributed by atoms with Gasteiger partial charge in [-0.15, -0.1) is 0 Å². The van der Waals surface area contributed by atoms with Crippen LogP contribution in [-0.4, -0.2) is 6.04 Å². The molecule has 0 aromatic heterocycles. The Hall–Kier alpha value is -1.49. The zero-order valence-electron chi connectivity index (χ0n) is 10.4. The van der Waals surface area contributed by atoms with Gasteiger partial charge in [-0.05, 0) is 49.9 Å². The molecular weight excluding hydrogens is 208 g/mol. The number of hydrogen-bond donors (Lipinski definition) is 1. The number of hydrogen-bond acceptors (Lipinski definition) is 2. The maximum atomic E-state index is 8.74. The Balaban J connectivity index is 1.92. The van der Waals surface area contributed by atoms with Crippen molar-refractivity contribution in [2.75, 3.05) is 5.32 Å². The Morgan fingerprint density at radius 3 is 2.41 bits per heavy atom. The van der Waals surface area contributed by atoms with Crippen LogP contribution >= 0.6 is 0 Å². The summed E-state index contributed by atoms with van der Waals surface area (Å²) in [4.78, 5) is 0. The third kappa shape index (κ3) is 3.23. The molecular formula is C15H20N2. The Morgan fingerprint density at radius 1 is 1.18 bits per heavy atom. The summed E-state index contributed by atoms with van der Waals surface area (Å²) in [5.74, 6) is 0.805. The quantitative estimate of drug-likeness (QED) is 0.850. The van der Waals surface area contributed by atoms with Gasteiger partial charge in [-0.1, -0.05) is 19.3 Å². The topological polar surface area (TPSA) is 35.8 Å². The molecule has 1 fully saturated rings. The zero-order valence-corrected chi connectivity index (χ0v) is 10.4. The molecule has 2 heteroatoms. The van der Waals surface area contributed by atoms with Crippen LogP contribution in [0.25, 0.3) is 0 Å². The summed E-state index contributed by atoms with van der Waals surface area (Å²) in [5, 5.41) is 12.3. The first-order chi connectivity index (χ1) is 8.29. The van der Waals surface area contributed by atoms with Crippen molar-refractivity contribution in [3.63, 3.8) is 0 Å². The van der Waals surface area contributed by atoms with Gasteiger partial charge in [-0.2, -0.15) is 5.26 Å². The molecule has 1 N–H and O–H groups in total. The van der Waals surface area contributed by atoms with E-state index in [4.69, 9.17) is 5.26 Å². The summed E-state index contributed by atoms with van der Waals surface area (Å²) < 4.78 is 0. The average molecular weight is 228 g/mol. The van der Waals surface area contributed by atoms with Gasteiger partial charge >= 0.3 is 0 Å². The van der Waals surface area contributed by atoms with Crippen molar-refractivity contribution in [1.82, 2.24) is 0 Å². The van der Waals surface area contributed by atoms with Gasteiger partial charge in [0.2, 0.25) is 0 Å². The Bertz CT molecular complexity index is 382. The molecule has 1 aromatic rings. The van der Waals surface area contributed by atoms with Gasteiger partial charge in [0.25, 0.3) is 0 Å². The van der Waals surface area contributed by atoms with E-state index in [0.717, 1.165) is 17.2 Å². The van der Waals surface area contributed by atoms with Crippen LogP contribution in [0.2, 0.25) is 0 Å². The van der Waals surface area contributed by atoms with Crippen molar-refractivity contribution in [2.24, 2.45) is 5.92 Å². The van der Waals surface area contributed by atoms with E-state index in [1.807, 2.05) is 24.3 Å². The molecule has 2 nitrogen and oxygen atoms in total. The highest BCUT2D eigenvalue weighted by molar-refractivity contribution is 5.47. The fourth-order valence-electron chi connectivity index (χ4n) is 2.66. The number of anilines is 1. The van der Waals surface area contributed by atoms with Crippen molar-refractivity contribution in [3.05, 3.63) is 29.8 Å². The van der Waals surface area contributed by atoms with Gasteiger partial charge in [-0.3, -0.25) is 0 Å². The predicted molar refractivity (Wildman–Crippen MR) is 70.8 cm³/mol. The molecule has 0 saturated heterocycles. The summed E-state index contributed by atoms with van der Waals surface area (Å²) in [6, 6.07) is 10.4. The number of nitrogens with one attached hydrogen (secondary N) is 1. The van der Waals surface area contributed by atoms with Gasteiger partial charge in [0, 0.05) is 11.7 Å². The van der Waals surface area contributed by atoms with Crippen LogP contribution in [0.3, 0.4) is 0 Å². The van der Waals surface area contributed by atoms with E-state index >= 15 is 0 Å². The van der Waals surface area contributed by atoms with Gasteiger partial charge < -0.3 is 5.32 Å². The zero-order chi connectivity index (χ0) is 12.1. The van der Waals surface area contributed by atoms with Gasteiger partial charge in [0.15, 0.2) is 0 Å². The minimum absolute atomic E-state index is 0.531. The molecule has 1 unspecified atom stereocenters. The molecule has 0 bridgehead atoms. The first-order valence-corrected chi connectivity index (χ1v) is 6.56. The van der Waals surface area contributed by atoms with Crippen LogP contribution < -0.4 is 5.32 Å². The molecule has 0 heterocycles. The fraction of sp³-hybridized carbons (Fsp3) is 0.533. The van der Waals surface area contributed by atoms with Crippen LogP contribution in [0.15, 0.2) is 24.3 Å². The lowest BCUT2D eigenvalue weighted by atomic mass is 9.84.